The lowest BCUT2D eigenvalue weighted by molar-refractivity contribution is 0.493. The van der Waals surface area contributed by atoms with Gasteiger partial charge in [0.1, 0.15) is 0 Å². The van der Waals surface area contributed by atoms with Gasteiger partial charge < -0.3 is 5.32 Å². The Balaban J connectivity index is 1.89. The molecule has 2 heteroatoms. The first-order valence-electron chi connectivity index (χ1n) is 7.32. The molecule has 0 saturated heterocycles. The number of thiophene rings is 1. The standard InChI is InChI=1S/C16H25NS/c1-2-10-17-15(13-16-9-6-11-18-16)12-14-7-4-3-5-8-14/h6-7,9,11,15,17H,2-5,8,10,12-13H2,1H3. The van der Waals surface area contributed by atoms with Gasteiger partial charge >= 0.3 is 0 Å². The van der Waals surface area contributed by atoms with Crippen LogP contribution >= 0.6 is 11.3 Å². The van der Waals surface area contributed by atoms with E-state index in [9.17, 15) is 0 Å². The minimum atomic E-state index is 0.632. The maximum Gasteiger partial charge on any atom is 0.0152 e. The normalized spacial score (nSPS) is 17.5. The fraction of sp³-hybridized carbons (Fsp3) is 0.625. The first kappa shape index (κ1) is 13.8. The minimum absolute atomic E-state index is 0.632. The maximum absolute atomic E-state index is 3.72. The molecular weight excluding hydrogens is 238 g/mol. The number of rotatable bonds is 7. The lowest BCUT2D eigenvalue weighted by atomic mass is 9.93. The van der Waals surface area contributed by atoms with Crippen LogP contribution in [0.5, 0.6) is 0 Å². The fourth-order valence-electron chi connectivity index (χ4n) is 2.64. The zero-order valence-corrected chi connectivity index (χ0v) is 12.3. The summed E-state index contributed by atoms with van der Waals surface area (Å²) in [5.74, 6) is 0. The summed E-state index contributed by atoms with van der Waals surface area (Å²) in [5.41, 5.74) is 1.69. The van der Waals surface area contributed by atoms with Crippen LogP contribution in [0.25, 0.3) is 0 Å². The Morgan fingerprint density at radius 3 is 2.94 bits per heavy atom. The third-order valence-electron chi connectivity index (χ3n) is 3.60. The topological polar surface area (TPSA) is 12.0 Å². The second-order valence-corrected chi connectivity index (χ2v) is 6.28. The van der Waals surface area contributed by atoms with Crippen LogP contribution in [0.1, 0.15) is 50.3 Å². The summed E-state index contributed by atoms with van der Waals surface area (Å²) in [6.07, 6.45) is 11.6. The van der Waals surface area contributed by atoms with Gasteiger partial charge in [0.15, 0.2) is 0 Å². The van der Waals surface area contributed by atoms with Crippen molar-refractivity contribution in [3.63, 3.8) is 0 Å². The van der Waals surface area contributed by atoms with Gasteiger partial charge in [-0.3, -0.25) is 0 Å². The van der Waals surface area contributed by atoms with Crippen molar-refractivity contribution in [2.45, 2.75) is 57.9 Å². The van der Waals surface area contributed by atoms with E-state index in [0.29, 0.717) is 6.04 Å². The van der Waals surface area contributed by atoms with E-state index < -0.39 is 0 Å². The molecule has 100 valence electrons. The van der Waals surface area contributed by atoms with Crippen LogP contribution < -0.4 is 5.32 Å². The lowest BCUT2D eigenvalue weighted by Gasteiger charge is -2.21. The van der Waals surface area contributed by atoms with Gasteiger partial charge in [-0.15, -0.1) is 11.3 Å². The van der Waals surface area contributed by atoms with Crippen LogP contribution in [0, 0.1) is 0 Å². The van der Waals surface area contributed by atoms with Crippen LogP contribution in [-0.2, 0) is 6.42 Å². The molecule has 1 N–H and O–H groups in total. The first-order chi connectivity index (χ1) is 8.88. The molecule has 1 aliphatic rings. The van der Waals surface area contributed by atoms with Gasteiger partial charge in [0.2, 0.25) is 0 Å². The Morgan fingerprint density at radius 2 is 2.28 bits per heavy atom. The molecule has 18 heavy (non-hydrogen) atoms. The second-order valence-electron chi connectivity index (χ2n) is 5.25. The highest BCUT2D eigenvalue weighted by molar-refractivity contribution is 7.09. The second kappa shape index (κ2) is 7.75. The molecule has 2 rings (SSSR count). The van der Waals surface area contributed by atoms with E-state index in [2.05, 4.69) is 35.8 Å². The predicted octanol–water partition coefficient (Wildman–Crippen LogP) is 4.55. The molecule has 0 fully saturated rings. The van der Waals surface area contributed by atoms with Crippen molar-refractivity contribution in [1.29, 1.82) is 0 Å². The molecule has 0 bridgehead atoms. The van der Waals surface area contributed by atoms with Gasteiger partial charge in [-0.1, -0.05) is 24.6 Å². The highest BCUT2D eigenvalue weighted by atomic mass is 32.1. The van der Waals surface area contributed by atoms with Crippen molar-refractivity contribution in [2.24, 2.45) is 0 Å². The smallest absolute Gasteiger partial charge is 0.0152 e. The maximum atomic E-state index is 3.72. The van der Waals surface area contributed by atoms with Crippen molar-refractivity contribution in [3.8, 4) is 0 Å². The van der Waals surface area contributed by atoms with Gasteiger partial charge in [-0.05, 0) is 62.9 Å². The molecule has 1 aliphatic carbocycles. The molecule has 1 aromatic heterocycles. The number of hydrogen-bond acceptors (Lipinski definition) is 2. The SMILES string of the molecule is CCCNC(CC1=CCCCC1)Cc1cccs1. The molecule has 0 radical (unpaired) electrons. The van der Waals surface area contributed by atoms with Crippen LogP contribution in [0.15, 0.2) is 29.2 Å². The molecule has 0 spiro atoms. The summed E-state index contributed by atoms with van der Waals surface area (Å²) in [6, 6.07) is 5.06. The van der Waals surface area contributed by atoms with E-state index in [-0.39, 0.29) is 0 Å². The third kappa shape index (κ3) is 4.58. The molecule has 1 aromatic rings. The first-order valence-corrected chi connectivity index (χ1v) is 8.20. The highest BCUT2D eigenvalue weighted by Crippen LogP contribution is 2.23. The summed E-state index contributed by atoms with van der Waals surface area (Å²) in [5, 5.41) is 5.91. The average molecular weight is 263 g/mol. The van der Waals surface area contributed by atoms with Gasteiger partial charge in [-0.25, -0.2) is 0 Å². The number of allylic oxidation sites excluding steroid dienone is 1. The van der Waals surface area contributed by atoms with Gasteiger partial charge in [0.25, 0.3) is 0 Å². The molecule has 1 nitrogen and oxygen atoms in total. The van der Waals surface area contributed by atoms with Crippen molar-refractivity contribution >= 4 is 11.3 Å². The van der Waals surface area contributed by atoms with Crippen molar-refractivity contribution < 1.29 is 0 Å². The Bertz CT molecular complexity index is 353. The fourth-order valence-corrected chi connectivity index (χ4v) is 3.43. The summed E-state index contributed by atoms with van der Waals surface area (Å²) >= 11 is 1.89. The number of nitrogens with one attached hydrogen (secondary N) is 1. The van der Waals surface area contributed by atoms with Gasteiger partial charge in [0, 0.05) is 10.9 Å². The summed E-state index contributed by atoms with van der Waals surface area (Å²) in [6.45, 7) is 3.39. The molecule has 0 saturated carbocycles. The van der Waals surface area contributed by atoms with Gasteiger partial charge in [-0.2, -0.15) is 0 Å². The molecule has 0 amide bonds. The zero-order chi connectivity index (χ0) is 12.6. The highest BCUT2D eigenvalue weighted by Gasteiger charge is 2.13. The molecule has 0 aromatic carbocycles. The van der Waals surface area contributed by atoms with E-state index in [4.69, 9.17) is 0 Å². The lowest BCUT2D eigenvalue weighted by Crippen LogP contribution is -2.32. The zero-order valence-electron chi connectivity index (χ0n) is 11.5. The predicted molar refractivity (Wildman–Crippen MR) is 81.3 cm³/mol. The van der Waals surface area contributed by atoms with Crippen LogP contribution in [-0.4, -0.2) is 12.6 Å². The van der Waals surface area contributed by atoms with Crippen LogP contribution in [0.3, 0.4) is 0 Å². The van der Waals surface area contributed by atoms with Crippen molar-refractivity contribution in [1.82, 2.24) is 5.32 Å². The summed E-state index contributed by atoms with van der Waals surface area (Å²) in [4.78, 5) is 1.51. The van der Waals surface area contributed by atoms with Gasteiger partial charge in [0.05, 0.1) is 0 Å². The van der Waals surface area contributed by atoms with Crippen LogP contribution in [0.4, 0.5) is 0 Å². The quantitative estimate of drug-likeness (QED) is 0.712. The van der Waals surface area contributed by atoms with Crippen molar-refractivity contribution in [3.05, 3.63) is 34.0 Å². The van der Waals surface area contributed by atoms with E-state index in [1.807, 2.05) is 11.3 Å². The Kier molecular flexibility index (Phi) is 5.95. The van der Waals surface area contributed by atoms with Crippen molar-refractivity contribution in [2.75, 3.05) is 6.54 Å². The van der Waals surface area contributed by atoms with E-state index in [1.54, 1.807) is 5.57 Å². The largest absolute Gasteiger partial charge is 0.313 e. The molecule has 1 heterocycles. The Hall–Kier alpha value is -0.600. The molecule has 1 unspecified atom stereocenters. The Labute approximate surface area is 115 Å². The third-order valence-corrected chi connectivity index (χ3v) is 4.50. The summed E-state index contributed by atoms with van der Waals surface area (Å²) < 4.78 is 0. The monoisotopic (exact) mass is 263 g/mol. The van der Waals surface area contributed by atoms with E-state index in [1.165, 1.54) is 49.8 Å². The van der Waals surface area contributed by atoms with Crippen LogP contribution in [0.2, 0.25) is 0 Å². The number of hydrogen-bond donors (Lipinski definition) is 1. The average Bonchev–Trinajstić information content (AvgIpc) is 2.90. The molecular formula is C16H25NS. The van der Waals surface area contributed by atoms with E-state index in [0.717, 1.165) is 6.54 Å². The van der Waals surface area contributed by atoms with E-state index >= 15 is 0 Å². The molecule has 0 aliphatic heterocycles. The summed E-state index contributed by atoms with van der Waals surface area (Å²) in [7, 11) is 0. The molecule has 1 atom stereocenters. The minimum Gasteiger partial charge on any atom is -0.313 e. The Morgan fingerprint density at radius 1 is 1.33 bits per heavy atom.